The molecule has 1 N–H and O–H groups in total. The first kappa shape index (κ1) is 8.96. The maximum absolute atomic E-state index is 8.37. The summed E-state index contributed by atoms with van der Waals surface area (Å²) in [6.07, 6.45) is 4.93. The third-order valence-corrected chi connectivity index (χ3v) is 1.97. The zero-order chi connectivity index (χ0) is 6.24. The Morgan fingerprint density at radius 2 is 1.62 bits per heavy atom. The number of aliphatic hydroxyl groups is 1. The van der Waals surface area contributed by atoms with Crippen molar-refractivity contribution in [1.82, 2.24) is 0 Å². The van der Waals surface area contributed by atoms with Crippen molar-refractivity contribution in [3.8, 4) is 0 Å². The molecule has 0 aromatic carbocycles. The van der Waals surface area contributed by atoms with E-state index in [0.29, 0.717) is 6.61 Å². The van der Waals surface area contributed by atoms with Crippen LogP contribution in [0.1, 0.15) is 25.7 Å². The number of aliphatic hydroxyl groups excluding tert-OH is 1. The molecule has 0 amide bonds. The standard InChI is InChI=1S/C6H13O.Na/c1-2-3-4-5-6-7;/h7H,1-6H2;. The quantitative estimate of drug-likeness (QED) is 0.430. The van der Waals surface area contributed by atoms with Crippen LogP contribution in [0.5, 0.6) is 0 Å². The van der Waals surface area contributed by atoms with Gasteiger partial charge in [-0.3, -0.25) is 0 Å². The van der Waals surface area contributed by atoms with Crippen molar-refractivity contribution in [3.63, 3.8) is 0 Å². The monoisotopic (exact) mass is 124 g/mol. The molecular formula is C6H13NaO. The van der Waals surface area contributed by atoms with E-state index in [9.17, 15) is 0 Å². The normalized spacial score (nSPS) is 9.88. The molecule has 0 saturated heterocycles. The van der Waals surface area contributed by atoms with Crippen molar-refractivity contribution in [2.75, 3.05) is 6.61 Å². The minimum absolute atomic E-state index is 0.376. The van der Waals surface area contributed by atoms with Crippen LogP contribution in [0.15, 0.2) is 0 Å². The Bertz CT molecular complexity index is 33.5. The van der Waals surface area contributed by atoms with E-state index in [1.165, 1.54) is 50.9 Å². The molecule has 0 aliphatic heterocycles. The third kappa shape index (κ3) is 6.96. The summed E-state index contributed by atoms with van der Waals surface area (Å²) in [5, 5.41) is 8.37. The zero-order valence-electron chi connectivity index (χ0n) is 5.69. The molecule has 0 rings (SSSR count). The number of hydrogen-bond donors (Lipinski definition) is 1. The summed E-state index contributed by atoms with van der Waals surface area (Å²) >= 11 is 1.34. The first-order valence-corrected chi connectivity index (χ1v) is 4.94. The Hall–Kier alpha value is 0.960. The first-order chi connectivity index (χ1) is 3.91. The molecule has 0 fully saturated rings. The molecule has 0 spiro atoms. The Labute approximate surface area is 68.9 Å². The summed E-state index contributed by atoms with van der Waals surface area (Å²) in [5.74, 6) is 0. The molecule has 0 aromatic rings. The molecular weight excluding hydrogens is 111 g/mol. The Balaban J connectivity index is 2.53. The topological polar surface area (TPSA) is 20.2 Å². The molecule has 0 radical (unpaired) electrons. The van der Waals surface area contributed by atoms with Crippen LogP contribution < -0.4 is 0 Å². The van der Waals surface area contributed by atoms with Gasteiger partial charge in [-0.25, -0.2) is 0 Å². The fourth-order valence-electron chi connectivity index (χ4n) is 0.715. The number of unbranched alkanes of at least 4 members (excludes halogenated alkanes) is 3. The Kier molecular flexibility index (Phi) is 8.92. The fraction of sp³-hybridized carbons (Fsp3) is 1.00. The van der Waals surface area contributed by atoms with Gasteiger partial charge in [-0.05, 0) is 0 Å². The van der Waals surface area contributed by atoms with Crippen LogP contribution in [0.3, 0.4) is 0 Å². The maximum atomic E-state index is 8.37. The molecule has 0 aliphatic carbocycles. The molecule has 0 atom stereocenters. The van der Waals surface area contributed by atoms with Gasteiger partial charge in [0.05, 0.1) is 0 Å². The summed E-state index contributed by atoms with van der Waals surface area (Å²) in [6.45, 7) is 0.376. The summed E-state index contributed by atoms with van der Waals surface area (Å²) in [5.41, 5.74) is 0. The van der Waals surface area contributed by atoms with E-state index in [0.717, 1.165) is 6.42 Å². The molecule has 2 heteroatoms. The molecule has 44 valence electrons. The van der Waals surface area contributed by atoms with Crippen molar-refractivity contribution in [2.45, 2.75) is 29.4 Å². The SMILES string of the molecule is OCCCCC[CH2][Na]. The van der Waals surface area contributed by atoms with Crippen LogP contribution in [0.25, 0.3) is 0 Å². The Morgan fingerprint density at radius 3 is 2.12 bits per heavy atom. The summed E-state index contributed by atoms with van der Waals surface area (Å²) in [4.78, 5) is 0. The summed E-state index contributed by atoms with van der Waals surface area (Å²) in [7, 11) is 0. The van der Waals surface area contributed by atoms with Gasteiger partial charge < -0.3 is 0 Å². The van der Waals surface area contributed by atoms with Crippen LogP contribution in [0.2, 0.25) is 3.67 Å². The molecule has 0 saturated carbocycles. The molecule has 0 unspecified atom stereocenters. The molecule has 0 bridgehead atoms. The molecule has 0 aromatic heterocycles. The van der Waals surface area contributed by atoms with Crippen molar-refractivity contribution in [2.24, 2.45) is 0 Å². The van der Waals surface area contributed by atoms with Crippen LogP contribution in [-0.2, 0) is 0 Å². The predicted molar refractivity (Wildman–Crippen MR) is 36.1 cm³/mol. The molecule has 0 aliphatic rings. The second-order valence-corrected chi connectivity index (χ2v) is 3.14. The van der Waals surface area contributed by atoms with Gasteiger partial charge >= 0.3 is 69.0 Å². The van der Waals surface area contributed by atoms with E-state index in [2.05, 4.69) is 0 Å². The van der Waals surface area contributed by atoms with Crippen LogP contribution >= 0.6 is 0 Å². The summed E-state index contributed by atoms with van der Waals surface area (Å²) in [6, 6.07) is 0. The van der Waals surface area contributed by atoms with E-state index < -0.39 is 0 Å². The third-order valence-electron chi connectivity index (χ3n) is 1.26. The van der Waals surface area contributed by atoms with E-state index in [4.69, 9.17) is 5.11 Å². The second-order valence-electron chi connectivity index (χ2n) is 2.14. The van der Waals surface area contributed by atoms with Crippen molar-refractivity contribution in [3.05, 3.63) is 0 Å². The molecule has 0 heterocycles. The van der Waals surface area contributed by atoms with Gasteiger partial charge in [0.1, 0.15) is 0 Å². The van der Waals surface area contributed by atoms with Gasteiger partial charge in [-0.2, -0.15) is 0 Å². The predicted octanol–water partition coefficient (Wildman–Crippen LogP) is 1.13. The van der Waals surface area contributed by atoms with Gasteiger partial charge in [0.2, 0.25) is 0 Å². The van der Waals surface area contributed by atoms with Gasteiger partial charge in [-0.15, -0.1) is 0 Å². The van der Waals surface area contributed by atoms with Gasteiger partial charge in [0.15, 0.2) is 0 Å². The van der Waals surface area contributed by atoms with E-state index >= 15 is 0 Å². The molecule has 1 nitrogen and oxygen atoms in total. The number of rotatable bonds is 5. The van der Waals surface area contributed by atoms with Gasteiger partial charge in [0, 0.05) is 0 Å². The van der Waals surface area contributed by atoms with Crippen molar-refractivity contribution in [1.29, 1.82) is 0 Å². The van der Waals surface area contributed by atoms with E-state index in [1.54, 1.807) is 0 Å². The van der Waals surface area contributed by atoms with Crippen molar-refractivity contribution < 1.29 is 5.11 Å². The fourth-order valence-corrected chi connectivity index (χ4v) is 1.22. The zero-order valence-corrected chi connectivity index (χ0v) is 7.69. The van der Waals surface area contributed by atoms with Crippen LogP contribution in [0, 0.1) is 0 Å². The average molecular weight is 124 g/mol. The molecule has 8 heavy (non-hydrogen) atoms. The van der Waals surface area contributed by atoms with E-state index in [-0.39, 0.29) is 0 Å². The van der Waals surface area contributed by atoms with Crippen LogP contribution in [-0.4, -0.2) is 39.6 Å². The summed E-state index contributed by atoms with van der Waals surface area (Å²) < 4.78 is 1.42. The Morgan fingerprint density at radius 1 is 1.00 bits per heavy atom. The van der Waals surface area contributed by atoms with E-state index in [1.807, 2.05) is 0 Å². The van der Waals surface area contributed by atoms with Crippen molar-refractivity contribution >= 4 is 27.9 Å². The number of hydrogen-bond acceptors (Lipinski definition) is 1. The minimum atomic E-state index is 0.376. The second kappa shape index (κ2) is 7.96. The van der Waals surface area contributed by atoms with Crippen LogP contribution in [0.4, 0.5) is 0 Å². The average Bonchev–Trinajstić information content (AvgIpc) is 1.81. The van der Waals surface area contributed by atoms with Gasteiger partial charge in [0.25, 0.3) is 0 Å². The van der Waals surface area contributed by atoms with Gasteiger partial charge in [-0.1, -0.05) is 0 Å². The first-order valence-electron chi connectivity index (χ1n) is 3.52.